The van der Waals surface area contributed by atoms with E-state index < -0.39 is 0 Å². The van der Waals surface area contributed by atoms with E-state index in [1.807, 2.05) is 48.7 Å². The molecule has 28 heavy (non-hydrogen) atoms. The molecule has 142 valence electrons. The Hall–Kier alpha value is -3.41. The highest BCUT2D eigenvalue weighted by atomic mass is 16.1. The van der Waals surface area contributed by atoms with Crippen molar-refractivity contribution in [2.24, 2.45) is 5.92 Å². The van der Waals surface area contributed by atoms with Crippen LogP contribution < -0.4 is 5.32 Å². The lowest BCUT2D eigenvalue weighted by atomic mass is 10.1. The van der Waals surface area contributed by atoms with E-state index in [2.05, 4.69) is 39.9 Å². The number of nitrogens with one attached hydrogen (secondary N) is 1. The zero-order valence-electron chi connectivity index (χ0n) is 16.0. The number of carbonyl (C=O) groups is 1. The van der Waals surface area contributed by atoms with Gasteiger partial charge in [0.2, 0.25) is 0 Å². The summed E-state index contributed by atoms with van der Waals surface area (Å²) in [7, 11) is 0. The van der Waals surface area contributed by atoms with Gasteiger partial charge in [-0.1, -0.05) is 44.2 Å². The van der Waals surface area contributed by atoms with E-state index >= 15 is 0 Å². The molecule has 4 aromatic rings. The van der Waals surface area contributed by atoms with Crippen LogP contribution in [0.5, 0.6) is 0 Å². The standard InChI is InChI=1S/C22H23N5O/c1-16(2)12-26-13-20(19-5-3-4-6-21(19)26)22(28)24-11-17-7-9-18(10-8-17)27-15-23-14-25-27/h3-10,13-16H,11-12H2,1-2H3,(H,24,28). The minimum Gasteiger partial charge on any atom is -0.348 e. The number of amides is 1. The van der Waals surface area contributed by atoms with Crippen LogP contribution in [0, 0.1) is 5.92 Å². The SMILES string of the molecule is CC(C)Cn1cc(C(=O)NCc2ccc(-n3cncn3)cc2)c2ccccc21. The number of rotatable bonds is 6. The minimum atomic E-state index is -0.0564. The Morgan fingerprint density at radius 1 is 1.11 bits per heavy atom. The Labute approximate surface area is 163 Å². The molecule has 4 rings (SSSR count). The molecule has 0 fully saturated rings. The van der Waals surface area contributed by atoms with Crippen molar-refractivity contribution in [3.63, 3.8) is 0 Å². The van der Waals surface area contributed by atoms with E-state index in [4.69, 9.17) is 0 Å². The smallest absolute Gasteiger partial charge is 0.253 e. The average molecular weight is 373 g/mol. The topological polar surface area (TPSA) is 64.7 Å². The van der Waals surface area contributed by atoms with Crippen LogP contribution in [0.2, 0.25) is 0 Å². The van der Waals surface area contributed by atoms with Crippen molar-refractivity contribution < 1.29 is 4.79 Å². The van der Waals surface area contributed by atoms with Crippen molar-refractivity contribution in [2.45, 2.75) is 26.9 Å². The zero-order valence-corrected chi connectivity index (χ0v) is 16.0. The van der Waals surface area contributed by atoms with Gasteiger partial charge in [-0.3, -0.25) is 4.79 Å². The van der Waals surface area contributed by atoms with Crippen LogP contribution in [-0.4, -0.2) is 25.2 Å². The summed E-state index contributed by atoms with van der Waals surface area (Å²) in [5.74, 6) is 0.453. The van der Waals surface area contributed by atoms with E-state index in [1.54, 1.807) is 11.0 Å². The largest absolute Gasteiger partial charge is 0.348 e. The van der Waals surface area contributed by atoms with Gasteiger partial charge in [-0.15, -0.1) is 0 Å². The molecule has 0 saturated heterocycles. The quantitative estimate of drug-likeness (QED) is 0.559. The molecule has 0 saturated carbocycles. The van der Waals surface area contributed by atoms with Crippen molar-refractivity contribution in [2.75, 3.05) is 0 Å². The van der Waals surface area contributed by atoms with Gasteiger partial charge in [-0.25, -0.2) is 9.67 Å². The third-order valence-corrected chi connectivity index (χ3v) is 4.67. The van der Waals surface area contributed by atoms with Gasteiger partial charge in [0.25, 0.3) is 5.91 Å². The summed E-state index contributed by atoms with van der Waals surface area (Å²) in [4.78, 5) is 16.8. The molecule has 0 unspecified atom stereocenters. The van der Waals surface area contributed by atoms with Crippen LogP contribution in [0.4, 0.5) is 0 Å². The predicted molar refractivity (Wildman–Crippen MR) is 109 cm³/mol. The minimum absolute atomic E-state index is 0.0564. The fourth-order valence-corrected chi connectivity index (χ4v) is 3.36. The van der Waals surface area contributed by atoms with E-state index in [-0.39, 0.29) is 5.91 Å². The highest BCUT2D eigenvalue weighted by Gasteiger charge is 2.15. The number of aromatic nitrogens is 4. The molecule has 0 aliphatic rings. The van der Waals surface area contributed by atoms with Crippen molar-refractivity contribution in [3.8, 4) is 5.69 Å². The lowest BCUT2D eigenvalue weighted by Crippen LogP contribution is -2.22. The normalized spacial score (nSPS) is 11.2. The molecule has 2 aromatic carbocycles. The van der Waals surface area contributed by atoms with Crippen molar-refractivity contribution >= 4 is 16.8 Å². The molecule has 1 amide bonds. The maximum atomic E-state index is 12.8. The maximum Gasteiger partial charge on any atom is 0.253 e. The lowest BCUT2D eigenvalue weighted by Gasteiger charge is -2.07. The number of nitrogens with zero attached hydrogens (tertiary/aromatic N) is 4. The molecule has 0 bridgehead atoms. The van der Waals surface area contributed by atoms with Crippen LogP contribution in [0.1, 0.15) is 29.8 Å². The molecular formula is C22H23N5O. The van der Waals surface area contributed by atoms with Crippen molar-refractivity contribution in [1.29, 1.82) is 0 Å². The van der Waals surface area contributed by atoms with Gasteiger partial charge in [0.05, 0.1) is 11.3 Å². The van der Waals surface area contributed by atoms with Gasteiger partial charge in [0, 0.05) is 30.2 Å². The Balaban J connectivity index is 1.49. The molecule has 0 atom stereocenters. The first-order valence-corrected chi connectivity index (χ1v) is 9.42. The van der Waals surface area contributed by atoms with Crippen molar-refractivity contribution in [3.05, 3.63) is 78.5 Å². The van der Waals surface area contributed by atoms with Crippen LogP contribution in [0.15, 0.2) is 67.4 Å². The summed E-state index contributed by atoms with van der Waals surface area (Å²) in [6.45, 7) is 5.71. The fourth-order valence-electron chi connectivity index (χ4n) is 3.36. The monoisotopic (exact) mass is 373 g/mol. The van der Waals surface area contributed by atoms with Crippen LogP contribution in [-0.2, 0) is 13.1 Å². The second-order valence-electron chi connectivity index (χ2n) is 7.30. The van der Waals surface area contributed by atoms with Crippen molar-refractivity contribution in [1.82, 2.24) is 24.6 Å². The Morgan fingerprint density at radius 2 is 1.89 bits per heavy atom. The van der Waals surface area contributed by atoms with Gasteiger partial charge in [0.1, 0.15) is 12.7 Å². The first-order chi connectivity index (χ1) is 13.6. The zero-order chi connectivity index (χ0) is 19.5. The summed E-state index contributed by atoms with van der Waals surface area (Å²) in [6.07, 6.45) is 5.13. The first kappa shape index (κ1) is 18.0. The van der Waals surface area contributed by atoms with Gasteiger partial charge >= 0.3 is 0 Å². The number of benzene rings is 2. The van der Waals surface area contributed by atoms with Crippen LogP contribution >= 0.6 is 0 Å². The lowest BCUT2D eigenvalue weighted by molar-refractivity contribution is 0.0952. The molecular weight excluding hydrogens is 350 g/mol. The predicted octanol–water partition coefficient (Wildman–Crippen LogP) is 3.81. The highest BCUT2D eigenvalue weighted by molar-refractivity contribution is 6.07. The number of para-hydroxylation sites is 1. The van der Waals surface area contributed by atoms with Gasteiger partial charge < -0.3 is 9.88 Å². The molecule has 0 aliphatic heterocycles. The van der Waals surface area contributed by atoms with E-state index in [9.17, 15) is 4.79 Å². The molecule has 0 spiro atoms. The Morgan fingerprint density at radius 3 is 2.61 bits per heavy atom. The fraction of sp³-hybridized carbons (Fsp3) is 0.227. The van der Waals surface area contributed by atoms with Gasteiger partial charge in [-0.2, -0.15) is 5.10 Å². The average Bonchev–Trinajstić information content (AvgIpc) is 3.35. The molecule has 1 N–H and O–H groups in total. The summed E-state index contributed by atoms with van der Waals surface area (Å²) in [5.41, 5.74) is 3.78. The van der Waals surface area contributed by atoms with Gasteiger partial charge in [0.15, 0.2) is 0 Å². The van der Waals surface area contributed by atoms with E-state index in [1.165, 1.54) is 6.33 Å². The van der Waals surface area contributed by atoms with E-state index in [0.29, 0.717) is 12.5 Å². The summed E-state index contributed by atoms with van der Waals surface area (Å²) >= 11 is 0. The Bertz CT molecular complexity index is 1080. The number of hydrogen-bond donors (Lipinski definition) is 1. The third kappa shape index (κ3) is 3.67. The van der Waals surface area contributed by atoms with E-state index in [0.717, 1.165) is 34.3 Å². The molecule has 2 aromatic heterocycles. The molecule has 0 radical (unpaired) electrons. The van der Waals surface area contributed by atoms with Crippen LogP contribution in [0.25, 0.3) is 16.6 Å². The first-order valence-electron chi connectivity index (χ1n) is 9.42. The summed E-state index contributed by atoms with van der Waals surface area (Å²) in [6, 6.07) is 16.0. The molecule has 2 heterocycles. The second kappa shape index (κ2) is 7.68. The maximum absolute atomic E-state index is 12.8. The molecule has 0 aliphatic carbocycles. The Kier molecular flexibility index (Phi) is 4.93. The third-order valence-electron chi connectivity index (χ3n) is 4.67. The summed E-state index contributed by atoms with van der Waals surface area (Å²) < 4.78 is 3.87. The molecule has 6 heteroatoms. The number of fused-ring (bicyclic) bond motifs is 1. The van der Waals surface area contributed by atoms with Crippen LogP contribution in [0.3, 0.4) is 0 Å². The number of hydrogen-bond acceptors (Lipinski definition) is 3. The number of carbonyl (C=O) groups excluding carboxylic acids is 1. The highest BCUT2D eigenvalue weighted by Crippen LogP contribution is 2.22. The van der Waals surface area contributed by atoms with Gasteiger partial charge in [-0.05, 0) is 29.7 Å². The second-order valence-corrected chi connectivity index (χ2v) is 7.30. The molecule has 6 nitrogen and oxygen atoms in total. The summed E-state index contributed by atoms with van der Waals surface area (Å²) in [5, 5.41) is 8.14.